The summed E-state index contributed by atoms with van der Waals surface area (Å²) >= 11 is 0. The first kappa shape index (κ1) is 20.5. The number of amides is 2. The summed E-state index contributed by atoms with van der Waals surface area (Å²) in [5.41, 5.74) is 7.09. The van der Waals surface area contributed by atoms with Gasteiger partial charge in [-0.2, -0.15) is 15.0 Å². The number of rotatable bonds is 7. The molecule has 3 rings (SSSR count). The highest BCUT2D eigenvalue weighted by Crippen LogP contribution is 2.13. The van der Waals surface area contributed by atoms with Crippen LogP contribution in [0.25, 0.3) is 0 Å². The number of urea groups is 1. The molecule has 0 aliphatic carbocycles. The second kappa shape index (κ2) is 9.82. The Bertz CT molecular complexity index is 1000. The van der Waals surface area contributed by atoms with Crippen molar-refractivity contribution in [2.24, 2.45) is 0 Å². The number of aromatic nitrogens is 3. The molecule has 0 unspecified atom stereocenters. The molecule has 0 fully saturated rings. The SMILES string of the molecule is C[C@H](NC(=O)Nc1ccccc1)C(=O)OCc1nc(N)nc(Nc2ccccc2)n1. The molecular formula is C20H21N7O3. The summed E-state index contributed by atoms with van der Waals surface area (Å²) < 4.78 is 5.18. The van der Waals surface area contributed by atoms with Crippen LogP contribution in [-0.2, 0) is 16.1 Å². The Morgan fingerprint density at radius 3 is 2.27 bits per heavy atom. The van der Waals surface area contributed by atoms with E-state index in [0.717, 1.165) is 5.69 Å². The number of nitrogen functional groups attached to an aromatic ring is 1. The summed E-state index contributed by atoms with van der Waals surface area (Å²) in [5.74, 6) is -0.249. The maximum Gasteiger partial charge on any atom is 0.328 e. The van der Waals surface area contributed by atoms with Gasteiger partial charge in [0.05, 0.1) is 0 Å². The molecule has 3 aromatic rings. The number of anilines is 4. The van der Waals surface area contributed by atoms with Crippen LogP contribution in [0.3, 0.4) is 0 Å². The first-order valence-corrected chi connectivity index (χ1v) is 9.11. The van der Waals surface area contributed by atoms with E-state index in [0.29, 0.717) is 5.69 Å². The Hall–Kier alpha value is -4.21. The lowest BCUT2D eigenvalue weighted by molar-refractivity contribution is -0.146. The molecule has 0 aliphatic rings. The van der Waals surface area contributed by atoms with Crippen molar-refractivity contribution < 1.29 is 14.3 Å². The van der Waals surface area contributed by atoms with E-state index in [9.17, 15) is 9.59 Å². The lowest BCUT2D eigenvalue weighted by Gasteiger charge is -2.14. The number of para-hydroxylation sites is 2. The number of nitrogens with two attached hydrogens (primary N) is 1. The number of carbonyl (C=O) groups excluding carboxylic acids is 2. The molecule has 0 bridgehead atoms. The maximum atomic E-state index is 12.2. The van der Waals surface area contributed by atoms with Gasteiger partial charge in [-0.3, -0.25) is 0 Å². The van der Waals surface area contributed by atoms with Crippen molar-refractivity contribution in [1.82, 2.24) is 20.3 Å². The van der Waals surface area contributed by atoms with Gasteiger partial charge in [-0.25, -0.2) is 9.59 Å². The summed E-state index contributed by atoms with van der Waals surface area (Å²) in [6, 6.07) is 16.7. The molecule has 30 heavy (non-hydrogen) atoms. The first-order chi connectivity index (χ1) is 14.5. The molecule has 1 aromatic heterocycles. The predicted molar refractivity (Wildman–Crippen MR) is 112 cm³/mol. The van der Waals surface area contributed by atoms with E-state index < -0.39 is 18.0 Å². The van der Waals surface area contributed by atoms with Crippen LogP contribution in [0.5, 0.6) is 0 Å². The summed E-state index contributed by atoms with van der Waals surface area (Å²) in [6.45, 7) is 1.29. The number of hydrogen-bond donors (Lipinski definition) is 4. The van der Waals surface area contributed by atoms with Crippen molar-refractivity contribution in [2.75, 3.05) is 16.4 Å². The Morgan fingerprint density at radius 1 is 0.967 bits per heavy atom. The quantitative estimate of drug-likeness (QED) is 0.437. The number of ether oxygens (including phenoxy) is 1. The topological polar surface area (TPSA) is 144 Å². The van der Waals surface area contributed by atoms with Crippen LogP contribution in [0.1, 0.15) is 12.7 Å². The number of esters is 1. The summed E-state index contributed by atoms with van der Waals surface area (Å²) in [6.07, 6.45) is 0. The molecule has 2 amide bonds. The molecule has 1 heterocycles. The van der Waals surface area contributed by atoms with Crippen LogP contribution in [-0.4, -0.2) is 33.0 Å². The van der Waals surface area contributed by atoms with Gasteiger partial charge >= 0.3 is 12.0 Å². The predicted octanol–water partition coefficient (Wildman–Crippen LogP) is 2.45. The summed E-state index contributed by atoms with van der Waals surface area (Å²) in [4.78, 5) is 36.3. The lowest BCUT2D eigenvalue weighted by Crippen LogP contribution is -2.41. The average Bonchev–Trinajstić information content (AvgIpc) is 2.73. The Morgan fingerprint density at radius 2 is 1.60 bits per heavy atom. The van der Waals surface area contributed by atoms with Gasteiger partial charge in [0.25, 0.3) is 0 Å². The zero-order chi connectivity index (χ0) is 21.3. The van der Waals surface area contributed by atoms with Crippen molar-refractivity contribution in [2.45, 2.75) is 19.6 Å². The maximum absolute atomic E-state index is 12.2. The molecule has 10 heteroatoms. The van der Waals surface area contributed by atoms with E-state index >= 15 is 0 Å². The monoisotopic (exact) mass is 407 g/mol. The molecule has 10 nitrogen and oxygen atoms in total. The molecule has 0 aliphatic heterocycles. The van der Waals surface area contributed by atoms with Crippen molar-refractivity contribution in [3.63, 3.8) is 0 Å². The van der Waals surface area contributed by atoms with Crippen molar-refractivity contribution in [1.29, 1.82) is 0 Å². The largest absolute Gasteiger partial charge is 0.456 e. The molecule has 5 N–H and O–H groups in total. The fourth-order valence-electron chi connectivity index (χ4n) is 2.41. The minimum Gasteiger partial charge on any atom is -0.456 e. The number of hydrogen-bond acceptors (Lipinski definition) is 8. The third-order valence-corrected chi connectivity index (χ3v) is 3.81. The third-order valence-electron chi connectivity index (χ3n) is 3.81. The highest BCUT2D eigenvalue weighted by molar-refractivity contribution is 5.92. The highest BCUT2D eigenvalue weighted by atomic mass is 16.5. The van der Waals surface area contributed by atoms with Gasteiger partial charge in [0.15, 0.2) is 12.4 Å². The lowest BCUT2D eigenvalue weighted by atomic mass is 10.3. The number of nitrogens with zero attached hydrogens (tertiary/aromatic N) is 3. The molecule has 0 spiro atoms. The minimum atomic E-state index is -0.880. The van der Waals surface area contributed by atoms with E-state index in [1.54, 1.807) is 24.3 Å². The molecule has 2 aromatic carbocycles. The number of benzene rings is 2. The van der Waals surface area contributed by atoms with Crippen molar-refractivity contribution in [3.8, 4) is 0 Å². The Kier molecular flexibility index (Phi) is 6.72. The smallest absolute Gasteiger partial charge is 0.328 e. The normalized spacial score (nSPS) is 11.2. The van der Waals surface area contributed by atoms with Gasteiger partial charge in [-0.1, -0.05) is 36.4 Å². The van der Waals surface area contributed by atoms with Crippen LogP contribution < -0.4 is 21.7 Å². The van der Waals surface area contributed by atoms with E-state index in [-0.39, 0.29) is 24.3 Å². The fraction of sp³-hybridized carbons (Fsp3) is 0.150. The van der Waals surface area contributed by atoms with Crippen LogP contribution in [0.15, 0.2) is 60.7 Å². The first-order valence-electron chi connectivity index (χ1n) is 9.11. The van der Waals surface area contributed by atoms with Gasteiger partial charge < -0.3 is 26.4 Å². The van der Waals surface area contributed by atoms with Crippen molar-refractivity contribution in [3.05, 3.63) is 66.5 Å². The zero-order valence-electron chi connectivity index (χ0n) is 16.2. The molecule has 154 valence electrons. The van der Waals surface area contributed by atoms with Crippen LogP contribution in [0.4, 0.5) is 28.1 Å². The minimum absolute atomic E-state index is 0.0112. The summed E-state index contributed by atoms with van der Waals surface area (Å²) in [7, 11) is 0. The fourth-order valence-corrected chi connectivity index (χ4v) is 2.41. The molecule has 0 saturated heterocycles. The average molecular weight is 407 g/mol. The van der Waals surface area contributed by atoms with Crippen LogP contribution in [0, 0.1) is 0 Å². The second-order valence-corrected chi connectivity index (χ2v) is 6.22. The van der Waals surface area contributed by atoms with Gasteiger partial charge in [0.2, 0.25) is 11.9 Å². The van der Waals surface area contributed by atoms with Crippen LogP contribution in [0.2, 0.25) is 0 Å². The molecule has 1 atom stereocenters. The molecule has 0 saturated carbocycles. The molecule has 0 radical (unpaired) electrons. The standard InChI is InChI=1S/C20H21N7O3/c1-13(22-20(29)24-15-10-6-3-7-11-15)17(28)30-12-16-25-18(21)27-19(26-16)23-14-8-4-2-5-9-14/h2-11,13H,12H2,1H3,(H2,22,24,29)(H3,21,23,25,26,27)/t13-/m0/s1. The van der Waals surface area contributed by atoms with Gasteiger partial charge in [-0.05, 0) is 31.2 Å². The second-order valence-electron chi connectivity index (χ2n) is 6.22. The Balaban J connectivity index is 1.52. The van der Waals surface area contributed by atoms with Gasteiger partial charge in [0, 0.05) is 11.4 Å². The third kappa shape index (κ3) is 6.16. The van der Waals surface area contributed by atoms with Gasteiger partial charge in [-0.15, -0.1) is 0 Å². The van der Waals surface area contributed by atoms with Gasteiger partial charge in [0.1, 0.15) is 6.04 Å². The molecular weight excluding hydrogens is 386 g/mol. The van der Waals surface area contributed by atoms with E-state index in [1.165, 1.54) is 6.92 Å². The van der Waals surface area contributed by atoms with E-state index in [1.807, 2.05) is 36.4 Å². The number of carbonyl (C=O) groups is 2. The Labute approximate surface area is 172 Å². The van der Waals surface area contributed by atoms with Crippen molar-refractivity contribution >= 4 is 35.3 Å². The van der Waals surface area contributed by atoms with E-state index in [4.69, 9.17) is 10.5 Å². The highest BCUT2D eigenvalue weighted by Gasteiger charge is 2.18. The number of nitrogens with one attached hydrogen (secondary N) is 3. The van der Waals surface area contributed by atoms with E-state index in [2.05, 4.69) is 30.9 Å². The summed E-state index contributed by atoms with van der Waals surface area (Å²) in [5, 5.41) is 8.13. The zero-order valence-corrected chi connectivity index (χ0v) is 16.2. The van der Waals surface area contributed by atoms with Crippen LogP contribution >= 0.6 is 0 Å².